The fourth-order valence-electron chi connectivity index (χ4n) is 6.28. The zero-order valence-corrected chi connectivity index (χ0v) is 21.6. The van der Waals surface area contributed by atoms with Crippen LogP contribution < -0.4 is 0 Å². The number of fused-ring (bicyclic) bond motifs is 6. The molecule has 8 rings (SSSR count). The predicted octanol–water partition coefficient (Wildman–Crippen LogP) is 9.42. The van der Waals surface area contributed by atoms with Crippen LogP contribution in [0.3, 0.4) is 0 Å². The van der Waals surface area contributed by atoms with Crippen LogP contribution in [-0.2, 0) is 0 Å². The molecule has 0 unspecified atom stereocenters. The number of para-hydroxylation sites is 4. The third-order valence-corrected chi connectivity index (χ3v) is 7.96. The lowest BCUT2D eigenvalue weighted by Gasteiger charge is -2.11. The van der Waals surface area contributed by atoms with Gasteiger partial charge in [0.25, 0.3) is 0 Å². The van der Waals surface area contributed by atoms with Gasteiger partial charge in [0.05, 0.1) is 33.3 Å². The second-order valence-electron chi connectivity index (χ2n) is 10.1. The van der Waals surface area contributed by atoms with Gasteiger partial charge >= 0.3 is 0 Å². The molecule has 0 N–H and O–H groups in total. The van der Waals surface area contributed by atoms with Crippen molar-refractivity contribution in [2.24, 2.45) is 0 Å². The Labute approximate surface area is 231 Å². The van der Waals surface area contributed by atoms with Gasteiger partial charge in [0.1, 0.15) is 6.07 Å². The van der Waals surface area contributed by atoms with E-state index >= 15 is 0 Å². The van der Waals surface area contributed by atoms with Crippen LogP contribution in [-0.4, -0.2) is 9.13 Å². The van der Waals surface area contributed by atoms with E-state index in [1.165, 1.54) is 43.7 Å². The fourth-order valence-corrected chi connectivity index (χ4v) is 6.28. The number of rotatable bonds is 3. The first-order valence-electron chi connectivity index (χ1n) is 13.4. The molecule has 40 heavy (non-hydrogen) atoms. The molecule has 186 valence electrons. The number of hydrogen-bond acceptors (Lipinski definition) is 1. The van der Waals surface area contributed by atoms with Crippen LogP contribution in [0.15, 0.2) is 140 Å². The minimum Gasteiger partial charge on any atom is -0.309 e. The fraction of sp³-hybridized carbons (Fsp3) is 0. The van der Waals surface area contributed by atoms with Crippen molar-refractivity contribution in [2.75, 3.05) is 0 Å². The molecule has 0 aliphatic carbocycles. The lowest BCUT2D eigenvalue weighted by atomic mass is 9.98. The number of nitrogens with zero attached hydrogens (tertiary/aromatic N) is 3. The van der Waals surface area contributed by atoms with Gasteiger partial charge < -0.3 is 9.13 Å². The Balaban J connectivity index is 1.44. The lowest BCUT2D eigenvalue weighted by molar-refractivity contribution is 1.17. The SMILES string of the molecule is N#Cc1ccccc1-n1c2ccccc2c2c(-c3ccc4c(c3)c3ccccc3n4-c3ccccc3)cccc21. The average Bonchev–Trinajstić information content (AvgIpc) is 3.54. The highest BCUT2D eigenvalue weighted by Crippen LogP contribution is 2.41. The van der Waals surface area contributed by atoms with Gasteiger partial charge in [0.15, 0.2) is 0 Å². The molecule has 6 aromatic carbocycles. The molecule has 2 heterocycles. The molecular weight excluding hydrogens is 486 g/mol. The second kappa shape index (κ2) is 8.73. The summed E-state index contributed by atoms with van der Waals surface area (Å²) in [4.78, 5) is 0. The summed E-state index contributed by atoms with van der Waals surface area (Å²) < 4.78 is 4.58. The first-order valence-corrected chi connectivity index (χ1v) is 13.4. The molecule has 0 spiro atoms. The van der Waals surface area contributed by atoms with Crippen LogP contribution in [0, 0.1) is 11.3 Å². The molecule has 3 nitrogen and oxygen atoms in total. The largest absolute Gasteiger partial charge is 0.309 e. The van der Waals surface area contributed by atoms with Gasteiger partial charge in [-0.05, 0) is 65.7 Å². The first-order chi connectivity index (χ1) is 19.8. The number of hydrogen-bond donors (Lipinski definition) is 0. The standard InChI is InChI=1S/C37H23N3/c38-24-26-11-4-7-17-32(26)40-34-19-9-6-15-30(34)37-28(16-10-20-36(37)40)25-21-22-35-31(23-25)29-14-5-8-18-33(29)39(35)27-12-2-1-3-13-27/h1-23H. The van der Waals surface area contributed by atoms with Gasteiger partial charge in [-0.15, -0.1) is 0 Å². The van der Waals surface area contributed by atoms with E-state index in [-0.39, 0.29) is 0 Å². The van der Waals surface area contributed by atoms with E-state index in [0.717, 1.165) is 22.4 Å². The second-order valence-corrected chi connectivity index (χ2v) is 10.1. The van der Waals surface area contributed by atoms with Gasteiger partial charge in [-0.2, -0.15) is 5.26 Å². The van der Waals surface area contributed by atoms with Crippen molar-refractivity contribution in [3.8, 4) is 28.6 Å². The summed E-state index contributed by atoms with van der Waals surface area (Å²) in [6.07, 6.45) is 0. The Morgan fingerprint density at radius 3 is 1.95 bits per heavy atom. The first kappa shape index (κ1) is 22.4. The van der Waals surface area contributed by atoms with Crippen LogP contribution in [0.1, 0.15) is 5.56 Å². The minimum absolute atomic E-state index is 0.658. The molecule has 0 fully saturated rings. The molecule has 0 saturated heterocycles. The molecule has 0 atom stereocenters. The predicted molar refractivity (Wildman–Crippen MR) is 165 cm³/mol. The maximum atomic E-state index is 9.90. The smallest absolute Gasteiger partial charge is 0.101 e. The number of benzene rings is 6. The Kier molecular flexibility index (Phi) is 4.89. The molecule has 3 heteroatoms. The molecule has 0 saturated carbocycles. The topological polar surface area (TPSA) is 33.6 Å². The summed E-state index contributed by atoms with van der Waals surface area (Å²) in [7, 11) is 0. The van der Waals surface area contributed by atoms with Gasteiger partial charge in [-0.1, -0.05) is 84.9 Å². The summed E-state index contributed by atoms with van der Waals surface area (Å²) in [5.74, 6) is 0. The van der Waals surface area contributed by atoms with Crippen molar-refractivity contribution in [3.05, 3.63) is 145 Å². The zero-order chi connectivity index (χ0) is 26.6. The Bertz CT molecular complexity index is 2280. The summed E-state index contributed by atoms with van der Waals surface area (Å²) >= 11 is 0. The zero-order valence-electron chi connectivity index (χ0n) is 21.6. The van der Waals surface area contributed by atoms with E-state index in [0.29, 0.717) is 5.56 Å². The van der Waals surface area contributed by atoms with Gasteiger partial charge in [0, 0.05) is 27.2 Å². The molecule has 8 aromatic rings. The minimum atomic E-state index is 0.658. The molecular formula is C37H23N3. The van der Waals surface area contributed by atoms with E-state index in [2.05, 4.69) is 130 Å². The van der Waals surface area contributed by atoms with Crippen molar-refractivity contribution >= 4 is 43.6 Å². The van der Waals surface area contributed by atoms with Crippen LogP contribution in [0.5, 0.6) is 0 Å². The maximum absolute atomic E-state index is 9.90. The van der Waals surface area contributed by atoms with Gasteiger partial charge in [-0.3, -0.25) is 0 Å². The van der Waals surface area contributed by atoms with Crippen LogP contribution in [0.2, 0.25) is 0 Å². The van der Waals surface area contributed by atoms with Crippen molar-refractivity contribution in [3.63, 3.8) is 0 Å². The average molecular weight is 510 g/mol. The summed E-state index contributed by atoms with van der Waals surface area (Å²) in [6, 6.07) is 51.2. The van der Waals surface area contributed by atoms with E-state index in [1.807, 2.05) is 24.3 Å². The van der Waals surface area contributed by atoms with E-state index in [4.69, 9.17) is 0 Å². The third-order valence-electron chi connectivity index (χ3n) is 7.96. The van der Waals surface area contributed by atoms with Crippen LogP contribution in [0.25, 0.3) is 66.1 Å². The highest BCUT2D eigenvalue weighted by molar-refractivity contribution is 6.17. The van der Waals surface area contributed by atoms with Gasteiger partial charge in [-0.25, -0.2) is 0 Å². The normalized spacial score (nSPS) is 11.5. The monoisotopic (exact) mass is 509 g/mol. The molecule has 0 bridgehead atoms. The number of nitriles is 1. The van der Waals surface area contributed by atoms with Crippen molar-refractivity contribution in [1.82, 2.24) is 9.13 Å². The number of aromatic nitrogens is 2. The van der Waals surface area contributed by atoms with Crippen LogP contribution in [0.4, 0.5) is 0 Å². The Hall–Kier alpha value is -5.59. The van der Waals surface area contributed by atoms with Crippen molar-refractivity contribution in [1.29, 1.82) is 5.26 Å². The summed E-state index contributed by atoms with van der Waals surface area (Å²) in [5, 5.41) is 14.7. The van der Waals surface area contributed by atoms with Crippen molar-refractivity contribution in [2.45, 2.75) is 0 Å². The lowest BCUT2D eigenvalue weighted by Crippen LogP contribution is -1.97. The summed E-state index contributed by atoms with van der Waals surface area (Å²) in [5.41, 5.74) is 9.63. The van der Waals surface area contributed by atoms with E-state index in [9.17, 15) is 5.26 Å². The molecule has 2 aromatic heterocycles. The highest BCUT2D eigenvalue weighted by Gasteiger charge is 2.19. The van der Waals surface area contributed by atoms with Crippen LogP contribution >= 0.6 is 0 Å². The maximum Gasteiger partial charge on any atom is 0.101 e. The Morgan fingerprint density at radius 1 is 0.475 bits per heavy atom. The molecule has 0 aliphatic heterocycles. The summed E-state index contributed by atoms with van der Waals surface area (Å²) in [6.45, 7) is 0. The van der Waals surface area contributed by atoms with E-state index < -0.39 is 0 Å². The highest BCUT2D eigenvalue weighted by atomic mass is 15.0. The molecule has 0 radical (unpaired) electrons. The quantitative estimate of drug-likeness (QED) is 0.233. The third kappa shape index (κ3) is 3.17. The van der Waals surface area contributed by atoms with Crippen molar-refractivity contribution < 1.29 is 0 Å². The van der Waals surface area contributed by atoms with Gasteiger partial charge in [0.2, 0.25) is 0 Å². The Morgan fingerprint density at radius 2 is 1.12 bits per heavy atom. The molecule has 0 amide bonds. The van der Waals surface area contributed by atoms with E-state index in [1.54, 1.807) is 0 Å². The molecule has 0 aliphatic rings.